The minimum Gasteiger partial charge on any atom is -0.491 e. The van der Waals surface area contributed by atoms with Gasteiger partial charge in [0.15, 0.2) is 0 Å². The molecular formula is C14H19F3O3. The van der Waals surface area contributed by atoms with Crippen LogP contribution in [0.15, 0.2) is 24.3 Å². The molecule has 0 amide bonds. The Kier molecular flexibility index (Phi) is 6.29. The van der Waals surface area contributed by atoms with Gasteiger partial charge in [-0.25, -0.2) is 0 Å². The third-order valence-corrected chi connectivity index (χ3v) is 2.42. The molecule has 0 aliphatic heterocycles. The average Bonchev–Trinajstić information content (AvgIpc) is 2.32. The van der Waals surface area contributed by atoms with Crippen LogP contribution in [-0.2, 0) is 4.74 Å². The molecule has 1 aromatic carbocycles. The summed E-state index contributed by atoms with van der Waals surface area (Å²) in [5.74, 6) is 0.618. The van der Waals surface area contributed by atoms with E-state index in [1.165, 1.54) is 0 Å². The normalized spacial score (nSPS) is 13.6. The van der Waals surface area contributed by atoms with Gasteiger partial charge in [-0.15, -0.1) is 0 Å². The largest absolute Gasteiger partial charge is 0.491 e. The molecular weight excluding hydrogens is 273 g/mol. The molecule has 1 unspecified atom stereocenters. The first-order valence-corrected chi connectivity index (χ1v) is 6.37. The van der Waals surface area contributed by atoms with Crippen LogP contribution in [0.5, 0.6) is 5.75 Å². The summed E-state index contributed by atoms with van der Waals surface area (Å²) in [6.45, 7) is 2.31. The van der Waals surface area contributed by atoms with Gasteiger partial charge < -0.3 is 14.6 Å². The zero-order valence-electron chi connectivity index (χ0n) is 11.5. The van der Waals surface area contributed by atoms with Crippen LogP contribution in [-0.4, -0.2) is 30.6 Å². The molecule has 0 aromatic heterocycles. The van der Waals surface area contributed by atoms with Crippen molar-refractivity contribution in [3.63, 3.8) is 0 Å². The van der Waals surface area contributed by atoms with Crippen LogP contribution in [0.3, 0.4) is 0 Å². The Morgan fingerprint density at radius 2 is 1.95 bits per heavy atom. The van der Waals surface area contributed by atoms with Gasteiger partial charge in [0, 0.05) is 13.0 Å². The lowest BCUT2D eigenvalue weighted by Gasteiger charge is -2.15. The second-order valence-corrected chi connectivity index (χ2v) is 4.71. The quantitative estimate of drug-likeness (QED) is 0.782. The molecule has 1 aromatic rings. The van der Waals surface area contributed by atoms with E-state index in [0.29, 0.717) is 11.3 Å². The summed E-state index contributed by atoms with van der Waals surface area (Å²) >= 11 is 0. The van der Waals surface area contributed by atoms with E-state index in [9.17, 15) is 18.3 Å². The van der Waals surface area contributed by atoms with E-state index >= 15 is 0 Å². The van der Waals surface area contributed by atoms with Crippen molar-refractivity contribution in [2.24, 2.45) is 0 Å². The summed E-state index contributed by atoms with van der Waals surface area (Å²) in [5.41, 5.74) is 0.596. The zero-order chi connectivity index (χ0) is 15.2. The second-order valence-electron chi connectivity index (χ2n) is 4.71. The van der Waals surface area contributed by atoms with Gasteiger partial charge in [-0.1, -0.05) is 12.1 Å². The van der Waals surface area contributed by atoms with Gasteiger partial charge in [-0.2, -0.15) is 13.2 Å². The third-order valence-electron chi connectivity index (χ3n) is 2.42. The zero-order valence-corrected chi connectivity index (χ0v) is 11.5. The molecule has 1 N–H and O–H groups in total. The maximum Gasteiger partial charge on any atom is 0.411 e. The number of aliphatic hydroxyl groups excluding tert-OH is 1. The molecule has 0 radical (unpaired) electrons. The molecule has 0 bridgehead atoms. The first kappa shape index (κ1) is 16.8. The number of hydrogen-bond acceptors (Lipinski definition) is 3. The van der Waals surface area contributed by atoms with Crippen LogP contribution in [0.25, 0.3) is 0 Å². The van der Waals surface area contributed by atoms with E-state index in [-0.39, 0.29) is 19.1 Å². The maximum absolute atomic E-state index is 11.9. The smallest absolute Gasteiger partial charge is 0.411 e. The fraction of sp³-hybridized carbons (Fsp3) is 0.571. The van der Waals surface area contributed by atoms with Crippen molar-refractivity contribution in [2.45, 2.75) is 38.7 Å². The van der Waals surface area contributed by atoms with E-state index in [2.05, 4.69) is 4.74 Å². The topological polar surface area (TPSA) is 38.7 Å². The van der Waals surface area contributed by atoms with Gasteiger partial charge in [-0.05, 0) is 31.5 Å². The van der Waals surface area contributed by atoms with Gasteiger partial charge in [0.05, 0.1) is 12.2 Å². The molecule has 114 valence electrons. The number of rotatable bonds is 7. The van der Waals surface area contributed by atoms with Crippen LogP contribution >= 0.6 is 0 Å². The minimum absolute atomic E-state index is 0.0116. The van der Waals surface area contributed by atoms with Crippen molar-refractivity contribution in [3.05, 3.63) is 29.8 Å². The molecule has 0 aliphatic rings. The molecule has 0 saturated heterocycles. The Bertz CT molecular complexity index is 405. The van der Waals surface area contributed by atoms with Crippen LogP contribution in [0.1, 0.15) is 31.9 Å². The summed E-state index contributed by atoms with van der Waals surface area (Å²) in [5, 5.41) is 9.89. The van der Waals surface area contributed by atoms with Crippen molar-refractivity contribution in [3.8, 4) is 5.75 Å². The van der Waals surface area contributed by atoms with Crippen molar-refractivity contribution < 1.29 is 27.8 Å². The summed E-state index contributed by atoms with van der Waals surface area (Å²) < 4.78 is 45.6. The first-order chi connectivity index (χ1) is 9.28. The second kappa shape index (κ2) is 7.50. The van der Waals surface area contributed by atoms with Crippen LogP contribution in [0.4, 0.5) is 13.2 Å². The summed E-state index contributed by atoms with van der Waals surface area (Å²) in [4.78, 5) is 0. The summed E-state index contributed by atoms with van der Waals surface area (Å²) in [6, 6.07) is 6.86. The average molecular weight is 292 g/mol. The lowest BCUT2D eigenvalue weighted by molar-refractivity contribution is -0.175. The molecule has 0 saturated carbocycles. The fourth-order valence-electron chi connectivity index (χ4n) is 1.62. The highest BCUT2D eigenvalue weighted by Gasteiger charge is 2.27. The van der Waals surface area contributed by atoms with Gasteiger partial charge >= 0.3 is 6.18 Å². The Morgan fingerprint density at radius 1 is 1.25 bits per heavy atom. The Morgan fingerprint density at radius 3 is 2.55 bits per heavy atom. The van der Waals surface area contributed by atoms with Crippen molar-refractivity contribution >= 4 is 0 Å². The lowest BCUT2D eigenvalue weighted by atomic mass is 10.1. The minimum atomic E-state index is -4.34. The van der Waals surface area contributed by atoms with E-state index < -0.39 is 18.9 Å². The van der Waals surface area contributed by atoms with E-state index in [0.717, 1.165) is 0 Å². The fourth-order valence-corrected chi connectivity index (χ4v) is 1.62. The molecule has 0 spiro atoms. The van der Waals surface area contributed by atoms with E-state index in [1.54, 1.807) is 24.3 Å². The molecule has 0 heterocycles. The molecule has 3 nitrogen and oxygen atoms in total. The Hall–Kier alpha value is -1.27. The predicted octanol–water partition coefficient (Wildman–Crippen LogP) is 3.48. The summed E-state index contributed by atoms with van der Waals surface area (Å²) in [7, 11) is 0. The van der Waals surface area contributed by atoms with Gasteiger partial charge in [0.25, 0.3) is 0 Å². The lowest BCUT2D eigenvalue weighted by Crippen LogP contribution is -2.18. The predicted molar refractivity (Wildman–Crippen MR) is 68.7 cm³/mol. The third kappa shape index (κ3) is 6.77. The number of aliphatic hydroxyl groups is 1. The number of ether oxygens (including phenoxy) is 2. The number of alkyl halides is 3. The van der Waals surface area contributed by atoms with E-state index in [1.807, 2.05) is 13.8 Å². The SMILES string of the molecule is CC(C)Oc1cccc(C(O)CCOCC(F)(F)F)c1. The van der Waals surface area contributed by atoms with Crippen molar-refractivity contribution in [1.82, 2.24) is 0 Å². The summed E-state index contributed by atoms with van der Waals surface area (Å²) in [6.07, 6.45) is -5.10. The number of benzene rings is 1. The van der Waals surface area contributed by atoms with Crippen molar-refractivity contribution in [2.75, 3.05) is 13.2 Å². The first-order valence-electron chi connectivity index (χ1n) is 6.37. The molecule has 1 atom stereocenters. The Balaban J connectivity index is 2.44. The van der Waals surface area contributed by atoms with Gasteiger partial charge in [0.2, 0.25) is 0 Å². The highest BCUT2D eigenvalue weighted by atomic mass is 19.4. The van der Waals surface area contributed by atoms with Crippen molar-refractivity contribution in [1.29, 1.82) is 0 Å². The number of hydrogen-bond donors (Lipinski definition) is 1. The molecule has 1 rings (SSSR count). The van der Waals surface area contributed by atoms with Crippen LogP contribution in [0.2, 0.25) is 0 Å². The van der Waals surface area contributed by atoms with Gasteiger partial charge in [-0.3, -0.25) is 0 Å². The highest BCUT2D eigenvalue weighted by Crippen LogP contribution is 2.23. The molecule has 20 heavy (non-hydrogen) atoms. The highest BCUT2D eigenvalue weighted by molar-refractivity contribution is 5.30. The molecule has 6 heteroatoms. The van der Waals surface area contributed by atoms with Gasteiger partial charge in [0.1, 0.15) is 12.4 Å². The van der Waals surface area contributed by atoms with E-state index in [4.69, 9.17) is 4.74 Å². The van der Waals surface area contributed by atoms with Crippen LogP contribution in [0, 0.1) is 0 Å². The number of halogens is 3. The maximum atomic E-state index is 11.9. The Labute approximate surface area is 116 Å². The monoisotopic (exact) mass is 292 g/mol. The molecule has 0 aliphatic carbocycles. The van der Waals surface area contributed by atoms with Crippen LogP contribution < -0.4 is 4.74 Å². The molecule has 0 fully saturated rings. The standard InChI is InChI=1S/C14H19F3O3/c1-10(2)20-12-5-3-4-11(8-12)13(18)6-7-19-9-14(15,16)17/h3-5,8,10,13,18H,6-7,9H2,1-2H3.